The van der Waals surface area contributed by atoms with Gasteiger partial charge in [0.25, 0.3) is 0 Å². The van der Waals surface area contributed by atoms with Crippen LogP contribution in [-0.2, 0) is 14.3 Å². The minimum Gasteiger partial charge on any atom is -0.430 e. The maximum Gasteiger partial charge on any atom is 0.513 e. The second-order valence-electron chi connectivity index (χ2n) is 4.13. The van der Waals surface area contributed by atoms with Crippen LogP contribution in [0.1, 0.15) is 6.42 Å². The first-order valence-electron chi connectivity index (χ1n) is 4.76. The van der Waals surface area contributed by atoms with Crippen LogP contribution in [0.5, 0.6) is 0 Å². The second-order valence-corrected chi connectivity index (χ2v) is 4.13. The summed E-state index contributed by atoms with van der Waals surface area (Å²) in [6, 6.07) is 0. The monoisotopic (exact) mass is 194 g/mol. The van der Waals surface area contributed by atoms with E-state index in [-0.39, 0.29) is 23.7 Å². The third-order valence-corrected chi connectivity index (χ3v) is 3.64. The maximum absolute atomic E-state index is 11.5. The summed E-state index contributed by atoms with van der Waals surface area (Å²) < 4.78 is 9.54. The summed E-state index contributed by atoms with van der Waals surface area (Å²) in [4.78, 5) is 22.5. The molecule has 0 saturated heterocycles. The van der Waals surface area contributed by atoms with Crippen LogP contribution in [0.3, 0.4) is 0 Å². The van der Waals surface area contributed by atoms with Gasteiger partial charge < -0.3 is 9.47 Å². The lowest BCUT2D eigenvalue weighted by molar-refractivity contribution is -0.122. The molecule has 4 heteroatoms. The summed E-state index contributed by atoms with van der Waals surface area (Å²) in [5.41, 5.74) is 0. The molecule has 0 radical (unpaired) electrons. The number of Topliss-reactive ketones (excluding diaryl/α,β-unsaturated/α-hetero) is 1. The van der Waals surface area contributed by atoms with Crippen molar-refractivity contribution >= 4 is 11.9 Å². The van der Waals surface area contributed by atoms with Crippen LogP contribution in [-0.4, -0.2) is 18.0 Å². The third kappa shape index (κ3) is 0.786. The van der Waals surface area contributed by atoms with Crippen molar-refractivity contribution in [2.75, 3.05) is 0 Å². The Hall–Kier alpha value is -1.32. The number of ether oxygens (including phenoxy) is 2. The van der Waals surface area contributed by atoms with Gasteiger partial charge in [-0.15, -0.1) is 0 Å². The predicted octanol–water partition coefficient (Wildman–Crippen LogP) is 1.12. The average Bonchev–Trinajstić information content (AvgIpc) is 2.44. The van der Waals surface area contributed by atoms with Crippen molar-refractivity contribution in [3.8, 4) is 0 Å². The minimum absolute atomic E-state index is 0.0487. The SMILES string of the molecule is C=COC(=O)OC1C2CC3C(C2=O)C31. The largest absolute Gasteiger partial charge is 0.513 e. The van der Waals surface area contributed by atoms with Crippen LogP contribution in [0.2, 0.25) is 0 Å². The molecule has 0 aliphatic heterocycles. The number of carbonyl (C=O) groups excluding carboxylic acids is 2. The number of carbonyl (C=O) groups is 2. The molecule has 5 atom stereocenters. The highest BCUT2D eigenvalue weighted by molar-refractivity contribution is 5.94. The molecule has 4 fully saturated rings. The first kappa shape index (κ1) is 8.03. The fraction of sp³-hybridized carbons (Fsp3) is 0.600. The highest BCUT2D eigenvalue weighted by Crippen LogP contribution is 2.69. The van der Waals surface area contributed by atoms with Gasteiger partial charge in [-0.05, 0) is 12.3 Å². The Balaban J connectivity index is 1.69. The van der Waals surface area contributed by atoms with Crippen molar-refractivity contribution in [1.82, 2.24) is 0 Å². The molecule has 4 rings (SSSR count). The van der Waals surface area contributed by atoms with Gasteiger partial charge in [-0.3, -0.25) is 4.79 Å². The first-order valence-corrected chi connectivity index (χ1v) is 4.76. The average molecular weight is 194 g/mol. The summed E-state index contributed by atoms with van der Waals surface area (Å²) in [5, 5.41) is 0. The molecular formula is C10H10O4. The van der Waals surface area contributed by atoms with Gasteiger partial charge >= 0.3 is 6.16 Å². The molecule has 0 spiro atoms. The Bertz CT molecular complexity index is 335. The van der Waals surface area contributed by atoms with Gasteiger partial charge in [0, 0.05) is 11.8 Å². The fourth-order valence-electron chi connectivity index (χ4n) is 3.14. The Morgan fingerprint density at radius 1 is 1.57 bits per heavy atom. The summed E-state index contributed by atoms with van der Waals surface area (Å²) >= 11 is 0. The molecule has 4 aliphatic carbocycles. The molecule has 0 aromatic carbocycles. The van der Waals surface area contributed by atoms with Crippen LogP contribution in [0.25, 0.3) is 0 Å². The number of hydrogen-bond donors (Lipinski definition) is 0. The molecule has 0 aromatic rings. The molecule has 4 bridgehead atoms. The van der Waals surface area contributed by atoms with Gasteiger partial charge in [-0.25, -0.2) is 4.79 Å². The Morgan fingerprint density at radius 3 is 2.79 bits per heavy atom. The van der Waals surface area contributed by atoms with E-state index in [1.807, 2.05) is 0 Å². The van der Waals surface area contributed by atoms with Crippen LogP contribution < -0.4 is 0 Å². The second kappa shape index (κ2) is 2.38. The highest BCUT2D eigenvalue weighted by atomic mass is 16.7. The standard InChI is InChI=1S/C10H10O4/c1-2-13-10(12)14-9-5-3-4-6(7(4)9)8(5)11/h2,4-7,9H,1,3H2. The summed E-state index contributed by atoms with van der Waals surface area (Å²) in [6.45, 7) is 3.26. The normalized spacial score (nSPS) is 46.3. The third-order valence-electron chi connectivity index (χ3n) is 3.64. The van der Waals surface area contributed by atoms with Crippen molar-refractivity contribution in [2.24, 2.45) is 23.7 Å². The highest BCUT2D eigenvalue weighted by Gasteiger charge is 2.75. The lowest BCUT2D eigenvalue weighted by Gasteiger charge is -2.13. The predicted molar refractivity (Wildman–Crippen MR) is 45.1 cm³/mol. The Morgan fingerprint density at radius 2 is 2.36 bits per heavy atom. The molecule has 5 unspecified atom stereocenters. The molecule has 4 aliphatic rings. The van der Waals surface area contributed by atoms with E-state index in [9.17, 15) is 9.59 Å². The zero-order valence-electron chi connectivity index (χ0n) is 7.51. The van der Waals surface area contributed by atoms with Gasteiger partial charge in [0.15, 0.2) is 0 Å². The lowest BCUT2D eigenvalue weighted by atomic mass is 10.1. The maximum atomic E-state index is 11.5. The van der Waals surface area contributed by atoms with E-state index in [0.717, 1.165) is 12.7 Å². The van der Waals surface area contributed by atoms with Gasteiger partial charge in [-0.1, -0.05) is 6.58 Å². The molecule has 0 heterocycles. The molecule has 0 amide bonds. The van der Waals surface area contributed by atoms with Crippen LogP contribution >= 0.6 is 0 Å². The summed E-state index contributed by atoms with van der Waals surface area (Å²) in [7, 11) is 0. The van der Waals surface area contributed by atoms with E-state index in [1.165, 1.54) is 0 Å². The van der Waals surface area contributed by atoms with Crippen LogP contribution in [0.4, 0.5) is 4.79 Å². The molecule has 0 N–H and O–H groups in total. The van der Waals surface area contributed by atoms with Crippen molar-refractivity contribution in [3.63, 3.8) is 0 Å². The van der Waals surface area contributed by atoms with Gasteiger partial charge in [0.05, 0.1) is 12.2 Å². The zero-order chi connectivity index (χ0) is 9.87. The summed E-state index contributed by atoms with van der Waals surface area (Å²) in [5.74, 6) is 1.23. The van der Waals surface area contributed by atoms with Crippen molar-refractivity contribution in [2.45, 2.75) is 12.5 Å². The van der Waals surface area contributed by atoms with Gasteiger partial charge in [0.1, 0.15) is 11.9 Å². The van der Waals surface area contributed by atoms with Crippen molar-refractivity contribution in [3.05, 3.63) is 12.8 Å². The van der Waals surface area contributed by atoms with E-state index < -0.39 is 6.16 Å². The van der Waals surface area contributed by atoms with E-state index in [0.29, 0.717) is 11.8 Å². The topological polar surface area (TPSA) is 52.6 Å². The molecular weight excluding hydrogens is 184 g/mol. The number of hydrogen-bond acceptors (Lipinski definition) is 4. The van der Waals surface area contributed by atoms with Crippen molar-refractivity contribution < 1.29 is 19.1 Å². The number of rotatable bonds is 2. The van der Waals surface area contributed by atoms with E-state index in [4.69, 9.17) is 4.74 Å². The van der Waals surface area contributed by atoms with E-state index in [2.05, 4.69) is 11.3 Å². The molecule has 74 valence electrons. The van der Waals surface area contributed by atoms with Crippen LogP contribution in [0, 0.1) is 23.7 Å². The molecule has 4 nitrogen and oxygen atoms in total. The number of ketones is 1. The molecule has 4 saturated carbocycles. The first-order chi connectivity index (χ1) is 6.74. The fourth-order valence-corrected chi connectivity index (χ4v) is 3.14. The van der Waals surface area contributed by atoms with Gasteiger partial charge in [0.2, 0.25) is 0 Å². The van der Waals surface area contributed by atoms with E-state index in [1.54, 1.807) is 0 Å². The Labute approximate surface area is 80.9 Å². The smallest absolute Gasteiger partial charge is 0.430 e. The molecule has 0 aromatic heterocycles. The van der Waals surface area contributed by atoms with Crippen LogP contribution in [0.15, 0.2) is 12.8 Å². The van der Waals surface area contributed by atoms with Crippen molar-refractivity contribution in [1.29, 1.82) is 0 Å². The quantitative estimate of drug-likeness (QED) is 0.488. The lowest BCUT2D eigenvalue weighted by Crippen LogP contribution is -2.23. The molecule has 14 heavy (non-hydrogen) atoms. The summed E-state index contributed by atoms with van der Waals surface area (Å²) in [6.07, 6.45) is 0.981. The van der Waals surface area contributed by atoms with Gasteiger partial charge in [-0.2, -0.15) is 0 Å². The van der Waals surface area contributed by atoms with E-state index >= 15 is 0 Å². The Kier molecular flexibility index (Phi) is 1.36. The zero-order valence-corrected chi connectivity index (χ0v) is 7.51. The minimum atomic E-state index is -0.740.